The van der Waals surface area contributed by atoms with Crippen molar-refractivity contribution in [3.05, 3.63) is 71.8 Å². The van der Waals surface area contributed by atoms with Crippen LogP contribution >= 0.6 is 0 Å². The molecule has 6 rings (SSSR count). The molecular weight excluding hydrogens is 657 g/mol. The second kappa shape index (κ2) is 12.8. The summed E-state index contributed by atoms with van der Waals surface area (Å²) in [7, 11) is -3.75. The van der Waals surface area contributed by atoms with Gasteiger partial charge in [-0.15, -0.1) is 0 Å². The van der Waals surface area contributed by atoms with Crippen molar-refractivity contribution < 1.29 is 28.0 Å². The minimum atomic E-state index is -3.06. The van der Waals surface area contributed by atoms with Crippen LogP contribution < -0.4 is 10.4 Å². The van der Waals surface area contributed by atoms with Crippen molar-refractivity contribution in [1.29, 1.82) is 0 Å². The van der Waals surface area contributed by atoms with Crippen LogP contribution in [0.4, 0.5) is 0 Å². The van der Waals surface area contributed by atoms with Gasteiger partial charge in [0.1, 0.15) is 5.41 Å². The summed E-state index contributed by atoms with van der Waals surface area (Å²) < 4.78 is 20.4. The van der Waals surface area contributed by atoms with Crippen molar-refractivity contribution in [3.8, 4) is 0 Å². The van der Waals surface area contributed by atoms with Gasteiger partial charge in [0.2, 0.25) is 0 Å². The molecule has 2 aromatic rings. The van der Waals surface area contributed by atoms with Crippen LogP contribution in [-0.4, -0.2) is 53.5 Å². The first-order valence-corrected chi connectivity index (χ1v) is 23.5. The molecule has 0 saturated heterocycles. The molecule has 6 nitrogen and oxygen atoms in total. The van der Waals surface area contributed by atoms with Gasteiger partial charge in [-0.25, -0.2) is 0 Å². The Morgan fingerprint density at radius 1 is 0.800 bits per heavy atom. The van der Waals surface area contributed by atoms with E-state index in [4.69, 9.17) is 13.6 Å². The molecule has 0 N–H and O–H groups in total. The standard InChI is InChI=1S/C42H58O6Si2/c1-39(2,3)49(9,10)48-36-24-21-30-37-31(25-26-41(30,36)7)42(38(45)46-8)32(27-33(37)43)34(22-23-35(42)44)47-50(40(4,5)6,28-17-13-11-14-18-28)29-19-15-12-16-20-29/h11-20,31-32,34,36H,21-27H2,1-10H3/t31-,32+,34-,36-,41-,42-/m0/s1. The molecule has 0 bridgehead atoms. The highest BCUT2D eigenvalue weighted by atomic mass is 28.4. The lowest BCUT2D eigenvalue weighted by molar-refractivity contribution is -0.178. The molecule has 0 aliphatic heterocycles. The molecule has 0 heterocycles. The highest BCUT2D eigenvalue weighted by Crippen LogP contribution is 2.64. The number of methoxy groups -OCH3 is 1. The molecule has 0 aromatic heterocycles. The van der Waals surface area contributed by atoms with Gasteiger partial charge in [-0.3, -0.25) is 14.4 Å². The number of carbonyl (C=O) groups excluding carboxylic acids is 3. The molecule has 8 heteroatoms. The number of rotatable bonds is 7. The zero-order chi connectivity index (χ0) is 36.5. The van der Waals surface area contributed by atoms with Gasteiger partial charge in [0, 0.05) is 30.1 Å². The maximum absolute atomic E-state index is 14.7. The molecule has 6 atom stereocenters. The van der Waals surface area contributed by atoms with Crippen molar-refractivity contribution in [1.82, 2.24) is 0 Å². The van der Waals surface area contributed by atoms with Gasteiger partial charge in [-0.05, 0) is 71.2 Å². The summed E-state index contributed by atoms with van der Waals surface area (Å²) in [5.41, 5.74) is 0.0797. The van der Waals surface area contributed by atoms with Crippen LogP contribution in [0, 0.1) is 22.7 Å². The van der Waals surface area contributed by atoms with E-state index in [0.29, 0.717) is 12.8 Å². The van der Waals surface area contributed by atoms with Crippen LogP contribution in [0.15, 0.2) is 71.8 Å². The Hall–Kier alpha value is -2.66. The van der Waals surface area contributed by atoms with Gasteiger partial charge in [-0.2, -0.15) is 0 Å². The fourth-order valence-electron chi connectivity index (χ4n) is 10.0. The van der Waals surface area contributed by atoms with E-state index in [-0.39, 0.29) is 46.0 Å². The third-order valence-electron chi connectivity index (χ3n) is 13.6. The molecule has 0 radical (unpaired) electrons. The average Bonchev–Trinajstić information content (AvgIpc) is 3.38. The topological polar surface area (TPSA) is 78.9 Å². The number of ether oxygens (including phenoxy) is 1. The molecule has 3 saturated carbocycles. The van der Waals surface area contributed by atoms with Gasteiger partial charge in [0.15, 0.2) is 19.9 Å². The summed E-state index contributed by atoms with van der Waals surface area (Å²) in [5, 5.41) is 2.04. The first-order valence-electron chi connectivity index (χ1n) is 18.7. The minimum absolute atomic E-state index is 0.0136. The Morgan fingerprint density at radius 3 is 1.90 bits per heavy atom. The molecule has 50 heavy (non-hydrogen) atoms. The fraction of sp³-hybridized carbons (Fsp3) is 0.595. The quantitative estimate of drug-likeness (QED) is 0.165. The van der Waals surface area contributed by atoms with Crippen molar-refractivity contribution in [2.45, 2.75) is 129 Å². The van der Waals surface area contributed by atoms with E-state index in [1.807, 2.05) is 12.1 Å². The molecule has 0 amide bonds. The molecule has 2 aromatic carbocycles. The summed E-state index contributed by atoms with van der Waals surface area (Å²) in [6.07, 6.45) is 3.27. The summed E-state index contributed by atoms with van der Waals surface area (Å²) in [4.78, 5) is 43.8. The molecule has 4 aliphatic carbocycles. The minimum Gasteiger partial charge on any atom is -0.468 e. The zero-order valence-corrected chi connectivity index (χ0v) is 34.0. The fourth-order valence-corrected chi connectivity index (χ4v) is 16.2. The number of Topliss-reactive ketones (excluding diaryl/α,β-unsaturated/α-hetero) is 2. The number of hydrogen-bond acceptors (Lipinski definition) is 6. The van der Waals surface area contributed by atoms with Crippen LogP contribution in [0.5, 0.6) is 0 Å². The average molecular weight is 715 g/mol. The Morgan fingerprint density at radius 2 is 1.38 bits per heavy atom. The molecule has 0 spiro atoms. The predicted molar refractivity (Wildman–Crippen MR) is 203 cm³/mol. The largest absolute Gasteiger partial charge is 0.468 e. The smallest absolute Gasteiger partial charge is 0.320 e. The molecule has 4 aliphatic rings. The number of benzene rings is 2. The van der Waals surface area contributed by atoms with E-state index >= 15 is 0 Å². The lowest BCUT2D eigenvalue weighted by atomic mass is 9.47. The monoisotopic (exact) mass is 714 g/mol. The number of esters is 1. The van der Waals surface area contributed by atoms with Gasteiger partial charge in [-0.1, -0.05) is 115 Å². The lowest BCUT2D eigenvalue weighted by Gasteiger charge is -2.57. The summed E-state index contributed by atoms with van der Waals surface area (Å²) in [6.45, 7) is 20.3. The van der Waals surface area contributed by atoms with Gasteiger partial charge < -0.3 is 13.6 Å². The normalized spacial score (nSPS) is 30.4. The number of allylic oxidation sites excluding steroid dienone is 1. The number of carbonyl (C=O) groups is 3. The van der Waals surface area contributed by atoms with E-state index in [2.05, 4.69) is 110 Å². The van der Waals surface area contributed by atoms with Crippen molar-refractivity contribution in [2.24, 2.45) is 22.7 Å². The Balaban J connectivity index is 1.48. The van der Waals surface area contributed by atoms with Crippen LogP contribution in [0.25, 0.3) is 0 Å². The van der Waals surface area contributed by atoms with E-state index in [0.717, 1.165) is 40.8 Å². The Kier molecular flexibility index (Phi) is 9.49. The number of fused-ring (bicyclic) bond motifs is 4. The SMILES string of the molecule is COC(=O)[C@]12C(=O)CC[C@H](O[Si](c3ccccc3)(c3ccccc3)C(C)(C)C)[C@H]1CC(=O)C1=C3CC[C@H](O[Si](C)(C)C(C)(C)C)[C@@]3(C)CC[C@@H]12. The van der Waals surface area contributed by atoms with Gasteiger partial charge in [0.25, 0.3) is 8.32 Å². The Bertz CT molecular complexity index is 1620. The van der Waals surface area contributed by atoms with Crippen LogP contribution in [0.2, 0.25) is 23.2 Å². The highest BCUT2D eigenvalue weighted by molar-refractivity contribution is 6.99. The second-order valence-electron chi connectivity index (χ2n) is 18.2. The molecule has 3 fully saturated rings. The summed E-state index contributed by atoms with van der Waals surface area (Å²) >= 11 is 0. The van der Waals surface area contributed by atoms with Crippen LogP contribution in [-0.2, 0) is 28.0 Å². The summed E-state index contributed by atoms with van der Waals surface area (Å²) in [5.74, 6) is -1.66. The zero-order valence-electron chi connectivity index (χ0n) is 32.0. The molecule has 0 unspecified atom stereocenters. The second-order valence-corrected chi connectivity index (χ2v) is 27.2. The van der Waals surface area contributed by atoms with Crippen molar-refractivity contribution >= 4 is 44.5 Å². The highest BCUT2D eigenvalue weighted by Gasteiger charge is 2.69. The molecule has 270 valence electrons. The van der Waals surface area contributed by atoms with Gasteiger partial charge in [0.05, 0.1) is 19.3 Å². The maximum Gasteiger partial charge on any atom is 0.320 e. The first-order chi connectivity index (χ1) is 23.4. The van der Waals surface area contributed by atoms with Crippen molar-refractivity contribution in [3.63, 3.8) is 0 Å². The van der Waals surface area contributed by atoms with Crippen molar-refractivity contribution in [2.75, 3.05) is 7.11 Å². The van der Waals surface area contributed by atoms with Crippen LogP contribution in [0.1, 0.15) is 93.4 Å². The third-order valence-corrected chi connectivity index (χ3v) is 23.1. The molecular formula is C42H58O6Si2. The number of ketones is 2. The van der Waals surface area contributed by atoms with E-state index in [1.54, 1.807) is 0 Å². The lowest BCUT2D eigenvalue weighted by Crippen LogP contribution is -2.70. The Labute approximate surface area is 302 Å². The predicted octanol–water partition coefficient (Wildman–Crippen LogP) is 7.94. The number of hydrogen-bond donors (Lipinski definition) is 0. The third kappa shape index (κ3) is 5.50. The van der Waals surface area contributed by atoms with Gasteiger partial charge >= 0.3 is 5.97 Å². The first kappa shape index (κ1) is 37.1. The van der Waals surface area contributed by atoms with Crippen LogP contribution in [0.3, 0.4) is 0 Å². The maximum atomic E-state index is 14.7. The van der Waals surface area contributed by atoms with E-state index in [9.17, 15) is 14.4 Å². The van der Waals surface area contributed by atoms with E-state index < -0.39 is 46.0 Å². The van der Waals surface area contributed by atoms with E-state index in [1.165, 1.54) is 7.11 Å². The summed E-state index contributed by atoms with van der Waals surface area (Å²) in [6, 6.07) is 20.9.